The normalized spacial score (nSPS) is 19.2. The largest absolute Gasteiger partial charge is 0.380 e. The summed E-state index contributed by atoms with van der Waals surface area (Å²) in [6, 6.07) is 8.78. The Morgan fingerprint density at radius 1 is 1.35 bits per heavy atom. The van der Waals surface area contributed by atoms with E-state index in [9.17, 15) is 0 Å². The molecule has 94 valence electrons. The minimum absolute atomic E-state index is 0.246. The molecule has 1 aromatic rings. The molecule has 1 unspecified atom stereocenters. The van der Waals surface area contributed by atoms with Gasteiger partial charge in [0.25, 0.3) is 0 Å². The fourth-order valence-electron chi connectivity index (χ4n) is 2.35. The van der Waals surface area contributed by atoms with E-state index >= 15 is 0 Å². The Labute approximate surface area is 104 Å². The Kier molecular flexibility index (Phi) is 4.40. The first-order chi connectivity index (χ1) is 8.31. The third kappa shape index (κ3) is 3.20. The summed E-state index contributed by atoms with van der Waals surface area (Å²) in [6.07, 6.45) is 2.07. The molecule has 2 rings (SSSR count). The van der Waals surface area contributed by atoms with Gasteiger partial charge in [-0.05, 0) is 24.5 Å². The number of nitrogens with zero attached hydrogens (tertiary/aromatic N) is 1. The highest BCUT2D eigenvalue weighted by atomic mass is 16.5. The molecule has 1 heterocycles. The molecule has 0 radical (unpaired) electrons. The van der Waals surface area contributed by atoms with Gasteiger partial charge in [-0.1, -0.05) is 25.1 Å². The van der Waals surface area contributed by atoms with Crippen molar-refractivity contribution in [2.24, 2.45) is 5.73 Å². The summed E-state index contributed by atoms with van der Waals surface area (Å²) >= 11 is 0. The Bertz CT molecular complexity index is 354. The van der Waals surface area contributed by atoms with Gasteiger partial charge in [-0.15, -0.1) is 0 Å². The Morgan fingerprint density at radius 3 is 3.00 bits per heavy atom. The van der Waals surface area contributed by atoms with Crippen LogP contribution in [0.3, 0.4) is 0 Å². The molecule has 0 spiro atoms. The number of benzene rings is 1. The van der Waals surface area contributed by atoms with Crippen LogP contribution in [0.25, 0.3) is 0 Å². The lowest BCUT2D eigenvalue weighted by atomic mass is 9.98. The maximum absolute atomic E-state index is 6.09. The zero-order chi connectivity index (χ0) is 12.1. The fourth-order valence-corrected chi connectivity index (χ4v) is 2.35. The highest BCUT2D eigenvalue weighted by molar-refractivity contribution is 5.56. The number of fused-ring (bicyclic) bond motifs is 1. The van der Waals surface area contributed by atoms with Gasteiger partial charge in [-0.2, -0.15) is 0 Å². The lowest BCUT2D eigenvalue weighted by Gasteiger charge is -2.34. The van der Waals surface area contributed by atoms with E-state index in [1.54, 1.807) is 0 Å². The van der Waals surface area contributed by atoms with Gasteiger partial charge in [-0.3, -0.25) is 0 Å². The van der Waals surface area contributed by atoms with Crippen LogP contribution in [0.4, 0.5) is 5.69 Å². The predicted molar refractivity (Wildman–Crippen MR) is 71.4 cm³/mol. The summed E-state index contributed by atoms with van der Waals surface area (Å²) in [5.41, 5.74) is 8.78. The first-order valence-electron chi connectivity index (χ1n) is 6.47. The monoisotopic (exact) mass is 234 g/mol. The molecule has 0 bridgehead atoms. The quantitative estimate of drug-likeness (QED) is 0.790. The van der Waals surface area contributed by atoms with E-state index in [1.807, 2.05) is 0 Å². The van der Waals surface area contributed by atoms with Crippen LogP contribution in [0.5, 0.6) is 0 Å². The predicted octanol–water partition coefficient (Wildman–Crippen LogP) is 1.80. The summed E-state index contributed by atoms with van der Waals surface area (Å²) in [4.78, 5) is 2.35. The number of nitrogens with two attached hydrogens (primary N) is 1. The maximum Gasteiger partial charge on any atom is 0.0641 e. The van der Waals surface area contributed by atoms with Crippen LogP contribution in [0.2, 0.25) is 0 Å². The summed E-state index contributed by atoms with van der Waals surface area (Å²) in [5, 5.41) is 0. The molecule has 0 aromatic heterocycles. The SMILES string of the molecule is CCCOCCN1CC(N)Cc2ccccc21. The molecule has 0 amide bonds. The van der Waals surface area contributed by atoms with Crippen molar-refractivity contribution in [1.29, 1.82) is 0 Å². The third-order valence-corrected chi connectivity index (χ3v) is 3.12. The number of hydrogen-bond donors (Lipinski definition) is 1. The molecule has 2 N–H and O–H groups in total. The summed E-state index contributed by atoms with van der Waals surface area (Å²) < 4.78 is 5.55. The van der Waals surface area contributed by atoms with Crippen molar-refractivity contribution in [3.05, 3.63) is 29.8 Å². The molecule has 3 heteroatoms. The van der Waals surface area contributed by atoms with Crippen LogP contribution < -0.4 is 10.6 Å². The van der Waals surface area contributed by atoms with E-state index in [-0.39, 0.29) is 6.04 Å². The van der Waals surface area contributed by atoms with E-state index in [2.05, 4.69) is 36.1 Å². The van der Waals surface area contributed by atoms with Crippen molar-refractivity contribution in [2.75, 3.05) is 31.2 Å². The van der Waals surface area contributed by atoms with Gasteiger partial charge in [0, 0.05) is 31.4 Å². The van der Waals surface area contributed by atoms with Gasteiger partial charge in [0.2, 0.25) is 0 Å². The second-order valence-corrected chi connectivity index (χ2v) is 4.65. The van der Waals surface area contributed by atoms with E-state index < -0.39 is 0 Å². The first kappa shape index (κ1) is 12.4. The Hall–Kier alpha value is -1.06. The lowest BCUT2D eigenvalue weighted by molar-refractivity contribution is 0.140. The minimum atomic E-state index is 0.246. The van der Waals surface area contributed by atoms with Gasteiger partial charge in [0.1, 0.15) is 0 Å². The Morgan fingerprint density at radius 2 is 2.18 bits per heavy atom. The lowest BCUT2D eigenvalue weighted by Crippen LogP contribution is -2.44. The molecule has 0 saturated carbocycles. The molecule has 1 aromatic carbocycles. The van der Waals surface area contributed by atoms with Crippen molar-refractivity contribution >= 4 is 5.69 Å². The molecular formula is C14H22N2O. The van der Waals surface area contributed by atoms with Crippen LogP contribution in [0.1, 0.15) is 18.9 Å². The number of para-hydroxylation sites is 1. The molecule has 1 aliphatic heterocycles. The number of hydrogen-bond acceptors (Lipinski definition) is 3. The zero-order valence-corrected chi connectivity index (χ0v) is 10.6. The molecule has 1 atom stereocenters. The standard InChI is InChI=1S/C14H22N2O/c1-2-8-17-9-7-16-11-13(15)10-12-5-3-4-6-14(12)16/h3-6,13H,2,7-11,15H2,1H3. The van der Waals surface area contributed by atoms with E-state index in [1.165, 1.54) is 11.3 Å². The fraction of sp³-hybridized carbons (Fsp3) is 0.571. The first-order valence-corrected chi connectivity index (χ1v) is 6.47. The van der Waals surface area contributed by atoms with Crippen molar-refractivity contribution in [2.45, 2.75) is 25.8 Å². The summed E-state index contributed by atoms with van der Waals surface area (Å²) in [5.74, 6) is 0. The Balaban J connectivity index is 1.97. The minimum Gasteiger partial charge on any atom is -0.380 e. The van der Waals surface area contributed by atoms with Crippen LogP contribution in [0, 0.1) is 0 Å². The number of anilines is 1. The maximum atomic E-state index is 6.09. The van der Waals surface area contributed by atoms with Crippen LogP contribution in [0.15, 0.2) is 24.3 Å². The van der Waals surface area contributed by atoms with Gasteiger partial charge in [0.05, 0.1) is 6.61 Å². The summed E-state index contributed by atoms with van der Waals surface area (Å²) in [6.45, 7) is 5.64. The average Bonchev–Trinajstić information content (AvgIpc) is 2.34. The van der Waals surface area contributed by atoms with Gasteiger partial charge < -0.3 is 15.4 Å². The van der Waals surface area contributed by atoms with Gasteiger partial charge >= 0.3 is 0 Å². The number of ether oxygens (including phenoxy) is 1. The highest BCUT2D eigenvalue weighted by Crippen LogP contribution is 2.25. The van der Waals surface area contributed by atoms with Gasteiger partial charge in [-0.25, -0.2) is 0 Å². The van der Waals surface area contributed by atoms with Gasteiger partial charge in [0.15, 0.2) is 0 Å². The van der Waals surface area contributed by atoms with E-state index in [0.717, 1.165) is 39.1 Å². The van der Waals surface area contributed by atoms with E-state index in [4.69, 9.17) is 10.5 Å². The van der Waals surface area contributed by atoms with Crippen LogP contribution in [-0.2, 0) is 11.2 Å². The molecular weight excluding hydrogens is 212 g/mol. The zero-order valence-electron chi connectivity index (χ0n) is 10.6. The molecule has 0 aliphatic carbocycles. The smallest absolute Gasteiger partial charge is 0.0641 e. The molecule has 3 nitrogen and oxygen atoms in total. The number of rotatable bonds is 5. The van der Waals surface area contributed by atoms with E-state index in [0.29, 0.717) is 0 Å². The topological polar surface area (TPSA) is 38.5 Å². The average molecular weight is 234 g/mol. The van der Waals surface area contributed by atoms with Crippen molar-refractivity contribution < 1.29 is 4.74 Å². The highest BCUT2D eigenvalue weighted by Gasteiger charge is 2.20. The second kappa shape index (κ2) is 6.03. The van der Waals surface area contributed by atoms with Crippen molar-refractivity contribution in [3.63, 3.8) is 0 Å². The van der Waals surface area contributed by atoms with Crippen LogP contribution >= 0.6 is 0 Å². The molecule has 17 heavy (non-hydrogen) atoms. The summed E-state index contributed by atoms with van der Waals surface area (Å²) in [7, 11) is 0. The van der Waals surface area contributed by atoms with Crippen molar-refractivity contribution in [3.8, 4) is 0 Å². The molecule has 0 saturated heterocycles. The van der Waals surface area contributed by atoms with Crippen LogP contribution in [-0.4, -0.2) is 32.3 Å². The second-order valence-electron chi connectivity index (χ2n) is 4.65. The molecule has 1 aliphatic rings. The third-order valence-electron chi connectivity index (χ3n) is 3.12. The van der Waals surface area contributed by atoms with Crippen molar-refractivity contribution in [1.82, 2.24) is 0 Å². The molecule has 0 fully saturated rings.